The van der Waals surface area contributed by atoms with Crippen LogP contribution in [0.1, 0.15) is 17.3 Å². The van der Waals surface area contributed by atoms with Crippen LogP contribution in [0.4, 0.5) is 0 Å². The number of amides is 1. The summed E-state index contributed by atoms with van der Waals surface area (Å²) in [6, 6.07) is 12.2. The molecule has 1 atom stereocenters. The van der Waals surface area contributed by atoms with Gasteiger partial charge in [-0.25, -0.2) is 10.0 Å². The number of rotatable bonds is 4. The summed E-state index contributed by atoms with van der Waals surface area (Å²) >= 11 is 4.83. The largest absolute Gasteiger partial charge is 0.497 e. The van der Waals surface area contributed by atoms with Crippen LogP contribution in [-0.4, -0.2) is 40.9 Å². The number of ether oxygens (including phenoxy) is 1. The SMILES string of the molecule is CCSC1=NN2C(=c3cc(Br)ccc3=NC2C(=O)c2ccc(OC)cc2)C(=O)N1. The van der Waals surface area contributed by atoms with E-state index in [1.165, 1.54) is 16.8 Å². The van der Waals surface area contributed by atoms with Crippen LogP contribution in [0.5, 0.6) is 5.75 Å². The number of hydrogen-bond donors (Lipinski definition) is 1. The van der Waals surface area contributed by atoms with Crippen molar-refractivity contribution < 1.29 is 14.3 Å². The van der Waals surface area contributed by atoms with Gasteiger partial charge in [0.1, 0.15) is 11.4 Å². The Hall–Kier alpha value is -2.65. The third kappa shape index (κ3) is 3.67. The minimum atomic E-state index is -0.967. The van der Waals surface area contributed by atoms with Crippen molar-refractivity contribution in [2.45, 2.75) is 13.1 Å². The summed E-state index contributed by atoms with van der Waals surface area (Å²) in [4.78, 5) is 30.8. The molecule has 0 spiro atoms. The third-order valence-electron chi connectivity index (χ3n) is 4.46. The molecule has 29 heavy (non-hydrogen) atoms. The van der Waals surface area contributed by atoms with E-state index in [1.807, 2.05) is 19.1 Å². The molecule has 148 valence electrons. The lowest BCUT2D eigenvalue weighted by molar-refractivity contribution is -0.115. The van der Waals surface area contributed by atoms with Crippen molar-refractivity contribution in [3.05, 3.63) is 63.1 Å². The Bertz CT molecular complexity index is 1150. The summed E-state index contributed by atoms with van der Waals surface area (Å²) < 4.78 is 5.97. The van der Waals surface area contributed by atoms with Crippen LogP contribution in [0.3, 0.4) is 0 Å². The number of carbonyl (C=O) groups is 2. The van der Waals surface area contributed by atoms with Gasteiger partial charge in [-0.1, -0.05) is 34.6 Å². The number of carbonyl (C=O) groups excluding carboxylic acids is 2. The predicted octanol–water partition coefficient (Wildman–Crippen LogP) is 1.86. The fourth-order valence-corrected chi connectivity index (χ4v) is 4.07. The number of halogens is 1. The Balaban J connectivity index is 1.87. The van der Waals surface area contributed by atoms with Gasteiger partial charge in [-0.2, -0.15) is 0 Å². The topological polar surface area (TPSA) is 83.4 Å². The minimum absolute atomic E-state index is 0.252. The van der Waals surface area contributed by atoms with Crippen molar-refractivity contribution in [2.24, 2.45) is 10.1 Å². The summed E-state index contributed by atoms with van der Waals surface area (Å²) in [6.45, 7) is 1.96. The fraction of sp³-hybridized carbons (Fsp3) is 0.200. The van der Waals surface area contributed by atoms with Crippen molar-refractivity contribution in [3.8, 4) is 5.75 Å². The van der Waals surface area contributed by atoms with Crippen molar-refractivity contribution in [1.82, 2.24) is 10.3 Å². The zero-order chi connectivity index (χ0) is 20.5. The fourth-order valence-electron chi connectivity index (χ4n) is 3.13. The molecule has 0 radical (unpaired) electrons. The molecule has 0 saturated heterocycles. The number of thioether (sulfide) groups is 1. The maximum Gasteiger partial charge on any atom is 0.276 e. The van der Waals surface area contributed by atoms with Gasteiger partial charge in [-0.05, 0) is 48.2 Å². The molecule has 0 aromatic heterocycles. The number of fused-ring (bicyclic) bond motifs is 2. The van der Waals surface area contributed by atoms with E-state index in [4.69, 9.17) is 4.74 Å². The molecule has 1 N–H and O–H groups in total. The van der Waals surface area contributed by atoms with Gasteiger partial charge >= 0.3 is 0 Å². The lowest BCUT2D eigenvalue weighted by atomic mass is 10.1. The normalized spacial score (nSPS) is 17.6. The minimum Gasteiger partial charge on any atom is -0.497 e. The van der Waals surface area contributed by atoms with Crippen LogP contribution < -0.4 is 20.6 Å². The first-order chi connectivity index (χ1) is 14.0. The van der Waals surface area contributed by atoms with E-state index in [9.17, 15) is 9.59 Å². The molecule has 0 fully saturated rings. The number of nitrogens with one attached hydrogen (secondary N) is 1. The molecule has 4 rings (SSSR count). The highest BCUT2D eigenvalue weighted by Gasteiger charge is 2.37. The second-order valence-electron chi connectivity index (χ2n) is 6.24. The molecule has 0 bridgehead atoms. The summed E-state index contributed by atoms with van der Waals surface area (Å²) in [6.07, 6.45) is -0.967. The molecule has 9 heteroatoms. The van der Waals surface area contributed by atoms with E-state index in [2.05, 4.69) is 31.3 Å². The third-order valence-corrected chi connectivity index (χ3v) is 5.70. The number of methoxy groups -OCH3 is 1. The standard InChI is InChI=1S/C20H17BrN4O3S/c1-3-29-20-23-19(27)16-14-10-12(21)6-9-15(14)22-18(25(16)24-20)17(26)11-4-7-13(28-2)8-5-11/h4-10,18H,3H2,1-2H3,(H,23,24,27). The number of amidine groups is 1. The van der Waals surface area contributed by atoms with Crippen molar-refractivity contribution in [1.29, 1.82) is 0 Å². The maximum absolute atomic E-state index is 13.3. The molecular weight excluding hydrogens is 456 g/mol. The molecule has 2 aliphatic heterocycles. The molecule has 1 unspecified atom stereocenters. The summed E-state index contributed by atoms with van der Waals surface area (Å²) in [5.74, 6) is 0.830. The van der Waals surface area contributed by atoms with E-state index in [1.54, 1.807) is 37.4 Å². The van der Waals surface area contributed by atoms with E-state index in [0.29, 0.717) is 32.8 Å². The zero-order valence-corrected chi connectivity index (χ0v) is 18.1. The maximum atomic E-state index is 13.3. The van der Waals surface area contributed by atoms with Crippen LogP contribution in [0.2, 0.25) is 0 Å². The van der Waals surface area contributed by atoms with Gasteiger partial charge in [-0.3, -0.25) is 14.9 Å². The zero-order valence-electron chi connectivity index (χ0n) is 15.7. The van der Waals surface area contributed by atoms with E-state index < -0.39 is 6.17 Å². The molecule has 0 aliphatic carbocycles. The van der Waals surface area contributed by atoms with Gasteiger partial charge in [-0.15, -0.1) is 5.10 Å². The summed E-state index contributed by atoms with van der Waals surface area (Å²) in [5.41, 5.74) is 0.772. The molecule has 0 saturated carbocycles. The molecule has 1 amide bonds. The number of Topliss-reactive ketones (excluding diaryl/α,β-unsaturated/α-hetero) is 1. The number of hydrazone groups is 1. The monoisotopic (exact) mass is 472 g/mol. The molecule has 2 aromatic rings. The second-order valence-corrected chi connectivity index (χ2v) is 8.41. The number of benzene rings is 2. The van der Waals surface area contributed by atoms with Gasteiger partial charge in [0.25, 0.3) is 5.91 Å². The highest BCUT2D eigenvalue weighted by Crippen LogP contribution is 2.24. The lowest BCUT2D eigenvalue weighted by Gasteiger charge is -2.33. The first kappa shape index (κ1) is 19.7. The highest BCUT2D eigenvalue weighted by atomic mass is 79.9. The predicted molar refractivity (Wildman–Crippen MR) is 115 cm³/mol. The Kier molecular flexibility index (Phi) is 5.42. The Morgan fingerprint density at radius 2 is 2.03 bits per heavy atom. The quantitative estimate of drug-likeness (QED) is 0.686. The van der Waals surface area contributed by atoms with Crippen LogP contribution in [-0.2, 0) is 4.79 Å². The van der Waals surface area contributed by atoms with Gasteiger partial charge in [0, 0.05) is 15.3 Å². The highest BCUT2D eigenvalue weighted by molar-refractivity contribution is 9.10. The lowest BCUT2D eigenvalue weighted by Crippen LogP contribution is -2.54. The van der Waals surface area contributed by atoms with E-state index in [-0.39, 0.29) is 11.7 Å². The average molecular weight is 473 g/mol. The number of ketones is 1. The van der Waals surface area contributed by atoms with Gasteiger partial charge < -0.3 is 4.74 Å². The van der Waals surface area contributed by atoms with E-state index in [0.717, 1.165) is 10.2 Å². The van der Waals surface area contributed by atoms with E-state index >= 15 is 0 Å². The van der Waals surface area contributed by atoms with Gasteiger partial charge in [0.2, 0.25) is 11.9 Å². The smallest absolute Gasteiger partial charge is 0.276 e. The van der Waals surface area contributed by atoms with Crippen LogP contribution in [0, 0.1) is 0 Å². The Labute approximate surface area is 179 Å². The first-order valence-corrected chi connectivity index (χ1v) is 10.7. The summed E-state index contributed by atoms with van der Waals surface area (Å²) in [5, 5.41) is 10.4. The van der Waals surface area contributed by atoms with Crippen molar-refractivity contribution in [2.75, 3.05) is 12.9 Å². The van der Waals surface area contributed by atoms with Crippen LogP contribution in [0.25, 0.3) is 5.70 Å². The number of nitrogens with zero attached hydrogens (tertiary/aromatic N) is 3. The molecule has 2 aliphatic rings. The van der Waals surface area contributed by atoms with Gasteiger partial charge in [0.05, 0.1) is 12.5 Å². The average Bonchev–Trinajstić information content (AvgIpc) is 2.72. The van der Waals surface area contributed by atoms with Gasteiger partial charge in [0.15, 0.2) is 5.17 Å². The molecule has 7 nitrogen and oxygen atoms in total. The van der Waals surface area contributed by atoms with Crippen LogP contribution >= 0.6 is 27.7 Å². The molecule has 2 heterocycles. The molecule has 2 aromatic carbocycles. The second kappa shape index (κ2) is 8.00. The first-order valence-electron chi connectivity index (χ1n) is 8.89. The summed E-state index contributed by atoms with van der Waals surface area (Å²) in [7, 11) is 1.57. The van der Waals surface area contributed by atoms with Crippen molar-refractivity contribution in [3.63, 3.8) is 0 Å². The van der Waals surface area contributed by atoms with Crippen molar-refractivity contribution >= 4 is 50.2 Å². The Morgan fingerprint density at radius 1 is 1.28 bits per heavy atom. The number of hydrogen-bond acceptors (Lipinski definition) is 7. The molecular formula is C20H17BrN4O3S. The van der Waals surface area contributed by atoms with Crippen LogP contribution in [0.15, 0.2) is 57.0 Å². The Morgan fingerprint density at radius 3 is 2.72 bits per heavy atom.